The van der Waals surface area contributed by atoms with Crippen LogP contribution in [0, 0.1) is 0 Å². The van der Waals surface area contributed by atoms with E-state index in [1.807, 2.05) is 6.07 Å². The minimum absolute atomic E-state index is 0.0927. The Morgan fingerprint density at radius 3 is 3.14 bits per heavy atom. The van der Waals surface area contributed by atoms with E-state index in [1.54, 1.807) is 23.2 Å². The fraction of sp³-hybridized carbons (Fsp3) is 0.357. The number of aromatic amines is 1. The highest BCUT2D eigenvalue weighted by Gasteiger charge is 2.26. The highest BCUT2D eigenvalue weighted by molar-refractivity contribution is 5.98. The predicted octanol–water partition coefficient (Wildman–Crippen LogP) is 0.879. The molecule has 110 valence electrons. The first-order valence-corrected chi connectivity index (χ1v) is 6.69. The summed E-state index contributed by atoms with van der Waals surface area (Å²) in [6, 6.07) is 5.33. The fourth-order valence-electron chi connectivity index (χ4n) is 2.48. The van der Waals surface area contributed by atoms with Gasteiger partial charge in [-0.3, -0.25) is 14.7 Å². The van der Waals surface area contributed by atoms with Crippen LogP contribution in [0.2, 0.25) is 0 Å². The summed E-state index contributed by atoms with van der Waals surface area (Å²) in [5, 5.41) is 16.4. The number of aromatic nitrogens is 2. The molecular weight excluding hydrogens is 274 g/mol. The minimum Gasteiger partial charge on any atom is -0.481 e. The van der Waals surface area contributed by atoms with Crippen LogP contribution >= 0.6 is 0 Å². The number of rotatable bonds is 3. The average Bonchev–Trinajstić information content (AvgIpc) is 2.93. The third-order valence-corrected chi connectivity index (χ3v) is 3.52. The molecular formula is C14H15N3O4. The smallest absolute Gasteiger partial charge is 0.306 e. The van der Waals surface area contributed by atoms with Crippen molar-refractivity contribution in [1.29, 1.82) is 0 Å². The van der Waals surface area contributed by atoms with Crippen LogP contribution in [0.1, 0.15) is 16.8 Å². The predicted molar refractivity (Wildman–Crippen MR) is 74.0 cm³/mol. The van der Waals surface area contributed by atoms with E-state index in [9.17, 15) is 9.59 Å². The zero-order chi connectivity index (χ0) is 14.8. The third-order valence-electron chi connectivity index (χ3n) is 3.52. The van der Waals surface area contributed by atoms with Gasteiger partial charge in [0.1, 0.15) is 0 Å². The Hall–Kier alpha value is -2.41. The number of aliphatic carboxylic acids is 1. The molecule has 0 aliphatic carbocycles. The van der Waals surface area contributed by atoms with E-state index in [-0.39, 0.29) is 12.3 Å². The third kappa shape index (κ3) is 2.87. The molecule has 1 amide bonds. The van der Waals surface area contributed by atoms with Crippen LogP contribution < -0.4 is 0 Å². The van der Waals surface area contributed by atoms with Crippen molar-refractivity contribution in [3.05, 3.63) is 30.0 Å². The lowest BCUT2D eigenvalue weighted by Crippen LogP contribution is -2.46. The number of hydrogen-bond acceptors (Lipinski definition) is 4. The number of carboxylic acids is 1. The van der Waals surface area contributed by atoms with E-state index >= 15 is 0 Å². The van der Waals surface area contributed by atoms with E-state index in [0.29, 0.717) is 25.3 Å². The Balaban J connectivity index is 1.75. The number of carboxylic acid groups (broad SMARTS) is 1. The maximum absolute atomic E-state index is 12.5. The number of nitrogens with one attached hydrogen (secondary N) is 1. The number of carbonyl (C=O) groups is 2. The lowest BCUT2D eigenvalue weighted by molar-refractivity contribution is -0.141. The topological polar surface area (TPSA) is 95.5 Å². The van der Waals surface area contributed by atoms with Gasteiger partial charge in [-0.25, -0.2) is 0 Å². The quantitative estimate of drug-likeness (QED) is 0.874. The Labute approximate surface area is 120 Å². The molecule has 1 atom stereocenters. The van der Waals surface area contributed by atoms with Crippen LogP contribution in [0.25, 0.3) is 10.9 Å². The van der Waals surface area contributed by atoms with Gasteiger partial charge in [-0.05, 0) is 18.2 Å². The molecule has 2 aromatic rings. The summed E-state index contributed by atoms with van der Waals surface area (Å²) in [4.78, 5) is 24.9. The van der Waals surface area contributed by atoms with Crippen molar-refractivity contribution in [2.45, 2.75) is 12.5 Å². The van der Waals surface area contributed by atoms with Crippen LogP contribution in [0.4, 0.5) is 0 Å². The van der Waals surface area contributed by atoms with Gasteiger partial charge in [-0.2, -0.15) is 5.10 Å². The molecule has 1 aliphatic heterocycles. The molecule has 1 aromatic carbocycles. The van der Waals surface area contributed by atoms with Crippen molar-refractivity contribution in [2.24, 2.45) is 0 Å². The Kier molecular flexibility index (Phi) is 3.57. The molecule has 3 rings (SSSR count). The molecule has 1 aliphatic rings. The highest BCUT2D eigenvalue weighted by Crippen LogP contribution is 2.17. The van der Waals surface area contributed by atoms with Crippen molar-refractivity contribution in [1.82, 2.24) is 15.1 Å². The lowest BCUT2D eigenvalue weighted by Gasteiger charge is -2.32. The van der Waals surface area contributed by atoms with Gasteiger partial charge in [-0.1, -0.05) is 0 Å². The largest absolute Gasteiger partial charge is 0.481 e. The van der Waals surface area contributed by atoms with Crippen molar-refractivity contribution in [3.8, 4) is 0 Å². The molecule has 0 bridgehead atoms. The Bertz CT molecular complexity index is 682. The molecule has 1 aromatic heterocycles. The van der Waals surface area contributed by atoms with Crippen molar-refractivity contribution >= 4 is 22.8 Å². The molecule has 1 saturated heterocycles. The molecule has 2 heterocycles. The van der Waals surface area contributed by atoms with E-state index < -0.39 is 12.1 Å². The van der Waals surface area contributed by atoms with Gasteiger partial charge in [0.05, 0.1) is 30.8 Å². The van der Waals surface area contributed by atoms with Gasteiger partial charge in [0.2, 0.25) is 0 Å². The van der Waals surface area contributed by atoms with Crippen LogP contribution in [0.5, 0.6) is 0 Å². The second-order valence-corrected chi connectivity index (χ2v) is 5.01. The zero-order valence-corrected chi connectivity index (χ0v) is 11.3. The van der Waals surface area contributed by atoms with Crippen LogP contribution in [0.3, 0.4) is 0 Å². The Morgan fingerprint density at radius 1 is 1.48 bits per heavy atom. The van der Waals surface area contributed by atoms with Gasteiger partial charge in [0, 0.05) is 24.0 Å². The lowest BCUT2D eigenvalue weighted by atomic mass is 10.1. The summed E-state index contributed by atoms with van der Waals surface area (Å²) in [6.45, 7) is 1.13. The maximum Gasteiger partial charge on any atom is 0.306 e. The van der Waals surface area contributed by atoms with Crippen LogP contribution in [-0.4, -0.2) is 57.9 Å². The summed E-state index contributed by atoms with van der Waals surface area (Å²) in [5.41, 5.74) is 1.44. The van der Waals surface area contributed by atoms with Crippen molar-refractivity contribution in [2.75, 3.05) is 19.7 Å². The number of carbonyl (C=O) groups excluding carboxylic acids is 1. The van der Waals surface area contributed by atoms with Gasteiger partial charge >= 0.3 is 5.97 Å². The maximum atomic E-state index is 12.5. The number of H-pyrrole nitrogens is 1. The van der Waals surface area contributed by atoms with Crippen molar-refractivity contribution < 1.29 is 19.4 Å². The number of fused-ring (bicyclic) bond motifs is 1. The number of nitrogens with zero attached hydrogens (tertiary/aromatic N) is 2. The first-order valence-electron chi connectivity index (χ1n) is 6.69. The van der Waals surface area contributed by atoms with Gasteiger partial charge in [-0.15, -0.1) is 0 Å². The summed E-state index contributed by atoms with van der Waals surface area (Å²) in [7, 11) is 0. The van der Waals surface area contributed by atoms with Gasteiger partial charge in [0.15, 0.2) is 0 Å². The average molecular weight is 289 g/mol. The molecule has 21 heavy (non-hydrogen) atoms. The number of ether oxygens (including phenoxy) is 1. The minimum atomic E-state index is -0.922. The van der Waals surface area contributed by atoms with Crippen molar-refractivity contribution in [3.63, 3.8) is 0 Å². The second kappa shape index (κ2) is 5.53. The van der Waals surface area contributed by atoms with E-state index in [0.717, 1.165) is 10.9 Å². The summed E-state index contributed by atoms with van der Waals surface area (Å²) in [5.74, 6) is -1.04. The van der Waals surface area contributed by atoms with E-state index in [1.165, 1.54) is 0 Å². The number of benzene rings is 1. The zero-order valence-electron chi connectivity index (χ0n) is 11.3. The molecule has 7 nitrogen and oxygen atoms in total. The molecule has 1 unspecified atom stereocenters. The van der Waals surface area contributed by atoms with Crippen LogP contribution in [-0.2, 0) is 9.53 Å². The summed E-state index contributed by atoms with van der Waals surface area (Å²) < 4.78 is 5.37. The molecule has 7 heteroatoms. The number of morpholine rings is 1. The highest BCUT2D eigenvalue weighted by atomic mass is 16.5. The first kappa shape index (κ1) is 13.6. The SMILES string of the molecule is O=C(O)CC1CN(C(=O)c2ccc3[nH]ncc3c2)CCO1. The molecule has 0 radical (unpaired) electrons. The summed E-state index contributed by atoms with van der Waals surface area (Å²) >= 11 is 0. The number of amides is 1. The Morgan fingerprint density at radius 2 is 2.33 bits per heavy atom. The second-order valence-electron chi connectivity index (χ2n) is 5.01. The van der Waals surface area contributed by atoms with Crippen LogP contribution in [0.15, 0.2) is 24.4 Å². The molecule has 2 N–H and O–H groups in total. The summed E-state index contributed by atoms with van der Waals surface area (Å²) in [6.07, 6.45) is 1.13. The fourth-order valence-corrected chi connectivity index (χ4v) is 2.48. The first-order chi connectivity index (χ1) is 10.1. The van der Waals surface area contributed by atoms with Gasteiger partial charge < -0.3 is 14.7 Å². The van der Waals surface area contributed by atoms with E-state index in [2.05, 4.69) is 10.2 Å². The molecule has 0 spiro atoms. The van der Waals surface area contributed by atoms with E-state index in [4.69, 9.17) is 9.84 Å². The normalized spacial score (nSPS) is 18.9. The monoisotopic (exact) mass is 289 g/mol. The molecule has 1 fully saturated rings. The van der Waals surface area contributed by atoms with Gasteiger partial charge in [0.25, 0.3) is 5.91 Å². The standard InChI is InChI=1S/C14H15N3O4/c18-13(19)6-11-8-17(3-4-21-11)14(20)9-1-2-12-10(5-9)7-15-16-12/h1-2,5,7,11H,3-4,6,8H2,(H,15,16)(H,18,19). The molecule has 0 saturated carbocycles. The number of hydrogen-bond donors (Lipinski definition) is 2.